The average Bonchev–Trinajstić information content (AvgIpc) is 2.74. The molecule has 0 aliphatic carbocycles. The number of aryl methyl sites for hydroxylation is 2. The first kappa shape index (κ1) is 19.4. The maximum Gasteiger partial charge on any atom is 0.254 e. The number of aromatic nitrogens is 1. The quantitative estimate of drug-likeness (QED) is 0.635. The summed E-state index contributed by atoms with van der Waals surface area (Å²) < 4.78 is 5.24. The summed E-state index contributed by atoms with van der Waals surface area (Å²) >= 11 is 0. The monoisotopic (exact) mass is 388 g/mol. The van der Waals surface area contributed by atoms with Crippen molar-refractivity contribution in [1.29, 1.82) is 0 Å². The van der Waals surface area contributed by atoms with Crippen molar-refractivity contribution in [1.82, 2.24) is 9.88 Å². The third-order valence-electron chi connectivity index (χ3n) is 5.91. The van der Waals surface area contributed by atoms with Gasteiger partial charge in [-0.2, -0.15) is 0 Å². The molecule has 0 N–H and O–H groups in total. The molecule has 1 fully saturated rings. The molecule has 0 radical (unpaired) electrons. The Labute approximate surface area is 172 Å². The van der Waals surface area contributed by atoms with Crippen LogP contribution in [0.2, 0.25) is 0 Å². The zero-order valence-corrected chi connectivity index (χ0v) is 17.4. The number of carbonyl (C=O) groups is 1. The van der Waals surface area contributed by atoms with Crippen molar-refractivity contribution in [3.63, 3.8) is 0 Å². The molecule has 0 spiro atoms. The van der Waals surface area contributed by atoms with Crippen molar-refractivity contribution in [2.24, 2.45) is 5.92 Å². The Hall–Kier alpha value is -2.88. The molecule has 1 aliphatic rings. The fourth-order valence-electron chi connectivity index (χ4n) is 4.25. The molecule has 29 heavy (non-hydrogen) atoms. The lowest BCUT2D eigenvalue weighted by molar-refractivity contribution is 0.0692. The molecule has 1 saturated heterocycles. The zero-order valence-electron chi connectivity index (χ0n) is 17.4. The summed E-state index contributed by atoms with van der Waals surface area (Å²) in [6.45, 7) is 5.64. The summed E-state index contributed by atoms with van der Waals surface area (Å²) in [5.74, 6) is 1.64. The van der Waals surface area contributed by atoms with E-state index in [2.05, 4.69) is 30.1 Å². The number of fused-ring (bicyclic) bond motifs is 1. The molecule has 0 unspecified atom stereocenters. The first-order valence-electron chi connectivity index (χ1n) is 10.3. The smallest absolute Gasteiger partial charge is 0.254 e. The van der Waals surface area contributed by atoms with E-state index in [4.69, 9.17) is 4.74 Å². The minimum atomic E-state index is 0.133. The van der Waals surface area contributed by atoms with E-state index in [0.29, 0.717) is 5.92 Å². The van der Waals surface area contributed by atoms with Crippen LogP contribution in [0, 0.1) is 19.8 Å². The number of rotatable bonds is 4. The molecule has 1 aliphatic heterocycles. The number of likely N-dealkylation sites (tertiary alicyclic amines) is 1. The van der Waals surface area contributed by atoms with Gasteiger partial charge >= 0.3 is 0 Å². The van der Waals surface area contributed by atoms with Gasteiger partial charge in [-0.3, -0.25) is 9.78 Å². The molecule has 4 heteroatoms. The van der Waals surface area contributed by atoms with Crippen LogP contribution in [0.3, 0.4) is 0 Å². The summed E-state index contributed by atoms with van der Waals surface area (Å²) in [5, 5.41) is 0.959. The Morgan fingerprint density at radius 3 is 2.48 bits per heavy atom. The second-order valence-corrected chi connectivity index (χ2v) is 8.12. The lowest BCUT2D eigenvalue weighted by Gasteiger charge is -2.32. The number of ether oxygens (including phenoxy) is 1. The van der Waals surface area contributed by atoms with E-state index in [1.54, 1.807) is 7.11 Å². The lowest BCUT2D eigenvalue weighted by Crippen LogP contribution is -2.39. The van der Waals surface area contributed by atoms with Gasteiger partial charge in [-0.1, -0.05) is 23.8 Å². The molecule has 0 saturated carbocycles. The molecule has 1 aromatic heterocycles. The van der Waals surface area contributed by atoms with Crippen molar-refractivity contribution < 1.29 is 9.53 Å². The molecule has 4 rings (SSSR count). The first-order chi connectivity index (χ1) is 14.0. The number of nitrogens with zero attached hydrogens (tertiary/aromatic N) is 2. The van der Waals surface area contributed by atoms with E-state index < -0.39 is 0 Å². The van der Waals surface area contributed by atoms with Gasteiger partial charge < -0.3 is 9.64 Å². The molecule has 0 bridgehead atoms. The SMILES string of the molecule is COc1ccc(CC2CCN(C(=O)c3cc(C)nc4ccc(C)cc34)CC2)cc1. The van der Waals surface area contributed by atoms with Crippen molar-refractivity contribution in [2.75, 3.05) is 20.2 Å². The molecule has 4 nitrogen and oxygen atoms in total. The second kappa shape index (κ2) is 8.24. The molecular weight excluding hydrogens is 360 g/mol. The van der Waals surface area contributed by atoms with Gasteiger partial charge in [0.2, 0.25) is 0 Å². The van der Waals surface area contributed by atoms with Gasteiger partial charge in [-0.25, -0.2) is 0 Å². The highest BCUT2D eigenvalue weighted by Crippen LogP contribution is 2.26. The maximum absolute atomic E-state index is 13.3. The zero-order chi connectivity index (χ0) is 20.4. The van der Waals surface area contributed by atoms with Crippen molar-refractivity contribution in [3.05, 3.63) is 70.9 Å². The van der Waals surface area contributed by atoms with Gasteiger partial charge in [0.25, 0.3) is 5.91 Å². The molecule has 2 aromatic carbocycles. The third kappa shape index (κ3) is 4.26. The summed E-state index contributed by atoms with van der Waals surface area (Å²) in [4.78, 5) is 19.9. The highest BCUT2D eigenvalue weighted by molar-refractivity contribution is 6.06. The molecule has 1 amide bonds. The van der Waals surface area contributed by atoms with Crippen molar-refractivity contribution in [2.45, 2.75) is 33.1 Å². The first-order valence-corrected chi connectivity index (χ1v) is 10.3. The van der Waals surface area contributed by atoms with Gasteiger partial charge in [0, 0.05) is 24.2 Å². The molecular formula is C25H28N2O2. The van der Waals surface area contributed by atoms with Crippen LogP contribution in [-0.4, -0.2) is 36.0 Å². The maximum atomic E-state index is 13.3. The van der Waals surface area contributed by atoms with E-state index in [9.17, 15) is 4.79 Å². The summed E-state index contributed by atoms with van der Waals surface area (Å²) in [5.41, 5.74) is 5.05. The van der Waals surface area contributed by atoms with E-state index in [-0.39, 0.29) is 5.91 Å². The lowest BCUT2D eigenvalue weighted by atomic mass is 9.90. The minimum absolute atomic E-state index is 0.133. The normalized spacial score (nSPS) is 14.9. The summed E-state index contributed by atoms with van der Waals surface area (Å²) in [6, 6.07) is 16.4. The van der Waals surface area contributed by atoms with Gasteiger partial charge in [-0.05, 0) is 74.9 Å². The highest BCUT2D eigenvalue weighted by atomic mass is 16.5. The minimum Gasteiger partial charge on any atom is -0.497 e. The van der Waals surface area contributed by atoms with Crippen molar-refractivity contribution in [3.8, 4) is 5.75 Å². The number of carbonyl (C=O) groups excluding carboxylic acids is 1. The average molecular weight is 389 g/mol. The van der Waals surface area contributed by atoms with E-state index in [1.807, 2.05) is 42.2 Å². The summed E-state index contributed by atoms with van der Waals surface area (Å²) in [7, 11) is 1.69. The Kier molecular flexibility index (Phi) is 5.52. The predicted molar refractivity (Wildman–Crippen MR) is 117 cm³/mol. The number of benzene rings is 2. The van der Waals surface area contributed by atoms with Gasteiger partial charge in [0.1, 0.15) is 5.75 Å². The van der Waals surface area contributed by atoms with Crippen LogP contribution < -0.4 is 4.74 Å². The van der Waals surface area contributed by atoms with Gasteiger partial charge in [-0.15, -0.1) is 0 Å². The van der Waals surface area contributed by atoms with Gasteiger partial charge in [0.05, 0.1) is 18.2 Å². The van der Waals surface area contributed by atoms with Crippen LogP contribution in [-0.2, 0) is 6.42 Å². The van der Waals surface area contributed by atoms with E-state index in [0.717, 1.165) is 65.8 Å². The van der Waals surface area contributed by atoms with Gasteiger partial charge in [0.15, 0.2) is 0 Å². The fraction of sp³-hybridized carbons (Fsp3) is 0.360. The van der Waals surface area contributed by atoms with Crippen LogP contribution in [0.15, 0.2) is 48.5 Å². The van der Waals surface area contributed by atoms with Crippen LogP contribution in [0.5, 0.6) is 5.75 Å². The molecule has 150 valence electrons. The number of methoxy groups -OCH3 is 1. The second-order valence-electron chi connectivity index (χ2n) is 8.12. The number of hydrogen-bond acceptors (Lipinski definition) is 3. The molecule has 3 aromatic rings. The Bertz CT molecular complexity index is 1020. The van der Waals surface area contributed by atoms with Crippen LogP contribution >= 0.6 is 0 Å². The largest absolute Gasteiger partial charge is 0.497 e. The van der Waals surface area contributed by atoms with Crippen LogP contribution in [0.1, 0.15) is 40.0 Å². The number of amides is 1. The molecule has 0 atom stereocenters. The molecule has 2 heterocycles. The Morgan fingerprint density at radius 2 is 1.79 bits per heavy atom. The summed E-state index contributed by atoms with van der Waals surface area (Å²) in [6.07, 6.45) is 3.14. The van der Waals surface area contributed by atoms with E-state index >= 15 is 0 Å². The number of hydrogen-bond donors (Lipinski definition) is 0. The van der Waals surface area contributed by atoms with Crippen LogP contribution in [0.25, 0.3) is 10.9 Å². The van der Waals surface area contributed by atoms with Crippen LogP contribution in [0.4, 0.5) is 0 Å². The fourth-order valence-corrected chi connectivity index (χ4v) is 4.25. The number of piperidine rings is 1. The Morgan fingerprint density at radius 1 is 1.07 bits per heavy atom. The predicted octanol–water partition coefficient (Wildman–Crippen LogP) is 4.96. The highest BCUT2D eigenvalue weighted by Gasteiger charge is 2.25. The van der Waals surface area contributed by atoms with E-state index in [1.165, 1.54) is 5.56 Å². The van der Waals surface area contributed by atoms with Crippen molar-refractivity contribution >= 4 is 16.8 Å². The number of pyridine rings is 1. The standard InChI is InChI=1S/C25H28N2O2/c1-17-4-9-24-22(14-17)23(15-18(2)26-24)25(28)27-12-10-20(11-13-27)16-19-5-7-21(29-3)8-6-19/h4-9,14-15,20H,10-13,16H2,1-3H3. The topological polar surface area (TPSA) is 42.4 Å². The third-order valence-corrected chi connectivity index (χ3v) is 5.91. The Balaban J connectivity index is 1.45.